The van der Waals surface area contributed by atoms with Gasteiger partial charge in [-0.15, -0.1) is 10.2 Å². The maximum absolute atomic E-state index is 12.5. The van der Waals surface area contributed by atoms with E-state index in [1.165, 1.54) is 43.9 Å². The first-order valence-corrected chi connectivity index (χ1v) is 8.71. The van der Waals surface area contributed by atoms with E-state index in [1.807, 2.05) is 0 Å². The number of rotatable bonds is 4. The number of carbonyl (C=O) groups excluding carboxylic acids is 1. The fourth-order valence-electron chi connectivity index (χ4n) is 3.52. The van der Waals surface area contributed by atoms with Crippen LogP contribution in [0.2, 0.25) is 0 Å². The van der Waals surface area contributed by atoms with Crippen LogP contribution >= 0.6 is 11.8 Å². The Morgan fingerprint density at radius 1 is 1.29 bits per heavy atom. The largest absolute Gasteiger partial charge is 0.415 e. The zero-order chi connectivity index (χ0) is 14.7. The fraction of sp³-hybridized carbons (Fsp3) is 0.786. The lowest BCUT2D eigenvalue weighted by molar-refractivity contribution is -0.134. The molecule has 1 saturated heterocycles. The van der Waals surface area contributed by atoms with Crippen molar-refractivity contribution in [1.29, 1.82) is 0 Å². The van der Waals surface area contributed by atoms with E-state index in [9.17, 15) is 4.79 Å². The maximum Gasteiger partial charge on any atom is 0.277 e. The topological polar surface area (TPSA) is 85.2 Å². The molecule has 0 aromatic carbocycles. The van der Waals surface area contributed by atoms with Crippen LogP contribution in [0.3, 0.4) is 0 Å². The highest BCUT2D eigenvalue weighted by Gasteiger charge is 2.35. The molecule has 116 valence electrons. The van der Waals surface area contributed by atoms with Gasteiger partial charge in [0.15, 0.2) is 0 Å². The minimum absolute atomic E-state index is 0.198. The molecule has 7 heteroatoms. The highest BCUT2D eigenvalue weighted by atomic mass is 32.2. The van der Waals surface area contributed by atoms with Crippen LogP contribution in [0.5, 0.6) is 0 Å². The van der Waals surface area contributed by atoms with Crippen LogP contribution in [0.15, 0.2) is 9.64 Å². The number of thioether (sulfide) groups is 1. The molecule has 0 radical (unpaired) electrons. The lowest BCUT2D eigenvalue weighted by Gasteiger charge is -2.44. The molecule has 1 aliphatic carbocycles. The van der Waals surface area contributed by atoms with Crippen molar-refractivity contribution in [3.05, 3.63) is 5.89 Å². The number of hydrogen-bond acceptors (Lipinski definition) is 6. The zero-order valence-electron chi connectivity index (χ0n) is 12.2. The van der Waals surface area contributed by atoms with Crippen LogP contribution in [0, 0.1) is 5.92 Å². The van der Waals surface area contributed by atoms with Gasteiger partial charge in [-0.3, -0.25) is 4.79 Å². The normalized spacial score (nSPS) is 25.7. The number of likely N-dealkylation sites (tertiary alicyclic amines) is 1. The summed E-state index contributed by atoms with van der Waals surface area (Å²) in [6.45, 7) is 1.13. The van der Waals surface area contributed by atoms with Gasteiger partial charge in [0.2, 0.25) is 11.8 Å². The summed E-state index contributed by atoms with van der Waals surface area (Å²) in [5, 5.41) is 8.12. The van der Waals surface area contributed by atoms with E-state index in [-0.39, 0.29) is 12.5 Å². The predicted molar refractivity (Wildman–Crippen MR) is 79.6 cm³/mol. The number of hydrogen-bond donors (Lipinski definition) is 1. The average Bonchev–Trinajstić information content (AvgIpc) is 3.00. The van der Waals surface area contributed by atoms with Crippen molar-refractivity contribution in [2.24, 2.45) is 11.7 Å². The van der Waals surface area contributed by atoms with E-state index >= 15 is 0 Å². The minimum atomic E-state index is 0.198. The Morgan fingerprint density at radius 3 is 2.90 bits per heavy atom. The van der Waals surface area contributed by atoms with E-state index in [1.54, 1.807) is 0 Å². The number of nitrogens with zero attached hydrogens (tertiary/aromatic N) is 3. The molecule has 1 saturated carbocycles. The van der Waals surface area contributed by atoms with Gasteiger partial charge < -0.3 is 15.1 Å². The van der Waals surface area contributed by atoms with E-state index < -0.39 is 0 Å². The third-order valence-electron chi connectivity index (χ3n) is 4.51. The van der Waals surface area contributed by atoms with Crippen LogP contribution in [-0.4, -0.2) is 39.3 Å². The number of nitrogens with two attached hydrogens (primary N) is 1. The van der Waals surface area contributed by atoms with Crippen molar-refractivity contribution < 1.29 is 9.21 Å². The Morgan fingerprint density at radius 2 is 2.10 bits per heavy atom. The minimum Gasteiger partial charge on any atom is -0.415 e. The fourth-order valence-corrected chi connectivity index (χ4v) is 4.19. The Balaban J connectivity index is 1.56. The summed E-state index contributed by atoms with van der Waals surface area (Å²) in [5.74, 6) is 1.70. The number of aromatic nitrogens is 2. The summed E-state index contributed by atoms with van der Waals surface area (Å²) in [5.41, 5.74) is 5.43. The van der Waals surface area contributed by atoms with Crippen molar-refractivity contribution in [1.82, 2.24) is 15.1 Å². The van der Waals surface area contributed by atoms with Gasteiger partial charge in [-0.2, -0.15) is 0 Å². The Labute approximate surface area is 128 Å². The van der Waals surface area contributed by atoms with Gasteiger partial charge in [0.1, 0.15) is 0 Å². The zero-order valence-corrected chi connectivity index (χ0v) is 13.0. The Hall–Kier alpha value is -1.08. The summed E-state index contributed by atoms with van der Waals surface area (Å²) >= 11 is 1.31. The van der Waals surface area contributed by atoms with Gasteiger partial charge in [0.05, 0.1) is 12.3 Å². The maximum atomic E-state index is 12.5. The van der Waals surface area contributed by atoms with E-state index in [4.69, 9.17) is 10.2 Å². The van der Waals surface area contributed by atoms with Gasteiger partial charge in [-0.25, -0.2) is 0 Å². The summed E-state index contributed by atoms with van der Waals surface area (Å²) in [4.78, 5) is 14.6. The molecular formula is C14H22N4O2S. The van der Waals surface area contributed by atoms with Crippen molar-refractivity contribution in [3.8, 4) is 0 Å². The summed E-state index contributed by atoms with van der Waals surface area (Å²) in [7, 11) is 0. The predicted octanol–water partition coefficient (Wildman–Crippen LogP) is 1.80. The summed E-state index contributed by atoms with van der Waals surface area (Å²) in [6.07, 6.45) is 7.44. The SMILES string of the molecule is NCc1nnc(SCC(=O)N2CCCC3CCCCC32)o1. The lowest BCUT2D eigenvalue weighted by atomic mass is 9.78. The second kappa shape index (κ2) is 6.79. The molecule has 1 aromatic rings. The van der Waals surface area contributed by atoms with E-state index in [0.717, 1.165) is 13.0 Å². The Bertz CT molecular complexity index is 491. The molecule has 2 unspecified atom stereocenters. The van der Waals surface area contributed by atoms with Crippen LogP contribution in [0.25, 0.3) is 0 Å². The van der Waals surface area contributed by atoms with Gasteiger partial charge in [-0.05, 0) is 31.6 Å². The Kier molecular flexibility index (Phi) is 4.80. The van der Waals surface area contributed by atoms with Gasteiger partial charge >= 0.3 is 0 Å². The molecular weight excluding hydrogens is 288 g/mol. The molecule has 0 bridgehead atoms. The van der Waals surface area contributed by atoms with Crippen LogP contribution in [-0.2, 0) is 11.3 Å². The molecule has 2 fully saturated rings. The molecule has 6 nitrogen and oxygen atoms in total. The second-order valence-corrected chi connectivity index (χ2v) is 6.72. The smallest absolute Gasteiger partial charge is 0.277 e. The molecule has 3 rings (SSSR count). The molecule has 21 heavy (non-hydrogen) atoms. The van der Waals surface area contributed by atoms with Crippen molar-refractivity contribution in [2.45, 2.75) is 56.3 Å². The molecule has 2 atom stereocenters. The van der Waals surface area contributed by atoms with E-state index in [0.29, 0.717) is 28.8 Å². The van der Waals surface area contributed by atoms with E-state index in [2.05, 4.69) is 15.1 Å². The molecule has 2 aliphatic rings. The highest BCUT2D eigenvalue weighted by Crippen LogP contribution is 2.35. The number of fused-ring (bicyclic) bond motifs is 1. The number of amides is 1. The van der Waals surface area contributed by atoms with Crippen molar-refractivity contribution in [3.63, 3.8) is 0 Å². The molecule has 1 amide bonds. The lowest BCUT2D eigenvalue weighted by Crippen LogP contribution is -2.50. The standard InChI is InChI=1S/C14H22N4O2S/c15-8-12-16-17-14(20-12)21-9-13(19)18-7-3-5-10-4-1-2-6-11(10)18/h10-11H,1-9,15H2. The monoisotopic (exact) mass is 310 g/mol. The summed E-state index contributed by atoms with van der Waals surface area (Å²) in [6, 6.07) is 0.461. The quantitative estimate of drug-likeness (QED) is 0.854. The first-order valence-electron chi connectivity index (χ1n) is 7.72. The average molecular weight is 310 g/mol. The molecule has 2 heterocycles. The third-order valence-corrected chi connectivity index (χ3v) is 5.31. The van der Waals surface area contributed by atoms with Crippen LogP contribution in [0.1, 0.15) is 44.4 Å². The number of carbonyl (C=O) groups is 1. The first-order chi connectivity index (χ1) is 10.3. The van der Waals surface area contributed by atoms with Crippen LogP contribution in [0.4, 0.5) is 0 Å². The summed E-state index contributed by atoms with van der Waals surface area (Å²) < 4.78 is 5.32. The van der Waals surface area contributed by atoms with Gasteiger partial charge in [-0.1, -0.05) is 24.6 Å². The molecule has 0 spiro atoms. The second-order valence-electron chi connectivity index (χ2n) is 5.80. The van der Waals surface area contributed by atoms with Gasteiger partial charge in [0, 0.05) is 12.6 Å². The van der Waals surface area contributed by atoms with Crippen molar-refractivity contribution in [2.75, 3.05) is 12.3 Å². The highest BCUT2D eigenvalue weighted by molar-refractivity contribution is 7.99. The van der Waals surface area contributed by atoms with Gasteiger partial charge in [0.25, 0.3) is 5.22 Å². The third kappa shape index (κ3) is 3.40. The molecule has 1 aromatic heterocycles. The molecule has 2 N–H and O–H groups in total. The molecule has 1 aliphatic heterocycles. The number of piperidine rings is 1. The van der Waals surface area contributed by atoms with Crippen LogP contribution < -0.4 is 5.73 Å². The first kappa shape index (κ1) is 14.8. The van der Waals surface area contributed by atoms with Crippen molar-refractivity contribution >= 4 is 17.7 Å².